The first-order valence-corrected chi connectivity index (χ1v) is 6.21. The number of hydrogen-bond donors (Lipinski definition) is 2. The van der Waals surface area contributed by atoms with Crippen molar-refractivity contribution >= 4 is 22.6 Å². The van der Waals surface area contributed by atoms with Gasteiger partial charge >= 0.3 is 0 Å². The van der Waals surface area contributed by atoms with Crippen molar-refractivity contribution in [1.29, 1.82) is 0 Å². The molecule has 2 aromatic rings. The van der Waals surface area contributed by atoms with Crippen molar-refractivity contribution in [1.82, 2.24) is 5.01 Å². The number of primary amides is 1. The van der Waals surface area contributed by atoms with Gasteiger partial charge in [-0.05, 0) is 24.3 Å². The van der Waals surface area contributed by atoms with Crippen LogP contribution in [0.25, 0.3) is 11.0 Å². The maximum absolute atomic E-state index is 11.1. The monoisotopic (exact) mass is 260 g/mol. The molecule has 1 aliphatic heterocycles. The molecule has 0 saturated carbocycles. The number of benzene rings is 1. The quantitative estimate of drug-likeness (QED) is 0.769. The van der Waals surface area contributed by atoms with E-state index in [0.717, 1.165) is 37.3 Å². The van der Waals surface area contributed by atoms with E-state index in [9.17, 15) is 4.79 Å². The van der Waals surface area contributed by atoms with Gasteiger partial charge in [-0.25, -0.2) is 5.01 Å². The first-order valence-electron chi connectivity index (χ1n) is 6.21. The number of amides is 1. The molecule has 0 aliphatic carbocycles. The number of hydrogen-bond acceptors (Lipinski definition) is 5. The van der Waals surface area contributed by atoms with Gasteiger partial charge in [-0.1, -0.05) is 0 Å². The molecule has 1 amide bonds. The van der Waals surface area contributed by atoms with E-state index < -0.39 is 5.91 Å². The van der Waals surface area contributed by atoms with Crippen molar-refractivity contribution in [3.05, 3.63) is 30.0 Å². The molecular weight excluding hydrogens is 244 g/mol. The summed E-state index contributed by atoms with van der Waals surface area (Å²) in [6, 6.07) is 7.55. The van der Waals surface area contributed by atoms with Crippen LogP contribution in [0.3, 0.4) is 0 Å². The molecule has 19 heavy (non-hydrogen) atoms. The molecule has 2 heterocycles. The molecule has 100 valence electrons. The predicted octanol–water partition coefficient (Wildman–Crippen LogP) is 0.527. The Hall–Kier alpha value is -2.05. The highest BCUT2D eigenvalue weighted by molar-refractivity contribution is 5.95. The minimum Gasteiger partial charge on any atom is -0.451 e. The van der Waals surface area contributed by atoms with Crippen LogP contribution in [-0.4, -0.2) is 37.1 Å². The van der Waals surface area contributed by atoms with E-state index in [4.69, 9.17) is 16.0 Å². The van der Waals surface area contributed by atoms with Crippen LogP contribution in [-0.2, 0) is 0 Å². The smallest absolute Gasteiger partial charge is 0.284 e. The standard InChI is InChI=1S/C13H16N4O2/c14-13(18)12-8-9-7-10(1-2-11(9)19-12)16-3-5-17(15)6-4-16/h1-2,7-8H,3-6,15H2,(H2,14,18). The molecule has 0 spiro atoms. The van der Waals surface area contributed by atoms with Crippen molar-refractivity contribution in [3.63, 3.8) is 0 Å². The van der Waals surface area contributed by atoms with Gasteiger partial charge in [-0.3, -0.25) is 10.6 Å². The summed E-state index contributed by atoms with van der Waals surface area (Å²) in [5.74, 6) is 5.39. The summed E-state index contributed by atoms with van der Waals surface area (Å²) >= 11 is 0. The molecule has 1 aromatic carbocycles. The van der Waals surface area contributed by atoms with Crippen molar-refractivity contribution in [2.45, 2.75) is 0 Å². The van der Waals surface area contributed by atoms with E-state index in [-0.39, 0.29) is 5.76 Å². The Kier molecular flexibility index (Phi) is 2.88. The van der Waals surface area contributed by atoms with Gasteiger partial charge in [0.15, 0.2) is 5.76 Å². The van der Waals surface area contributed by atoms with Crippen molar-refractivity contribution < 1.29 is 9.21 Å². The number of furan rings is 1. The number of hydrazine groups is 1. The van der Waals surface area contributed by atoms with Crippen LogP contribution in [0, 0.1) is 0 Å². The highest BCUT2D eigenvalue weighted by atomic mass is 16.3. The molecule has 6 nitrogen and oxygen atoms in total. The van der Waals surface area contributed by atoms with Crippen LogP contribution < -0.4 is 16.5 Å². The van der Waals surface area contributed by atoms with E-state index in [1.54, 1.807) is 6.07 Å². The molecule has 0 unspecified atom stereocenters. The zero-order valence-electron chi connectivity index (χ0n) is 10.5. The van der Waals surface area contributed by atoms with Gasteiger partial charge in [0.1, 0.15) is 5.58 Å². The Bertz CT molecular complexity index is 614. The summed E-state index contributed by atoms with van der Waals surface area (Å²) in [4.78, 5) is 13.4. The van der Waals surface area contributed by atoms with Crippen molar-refractivity contribution in [3.8, 4) is 0 Å². The minimum atomic E-state index is -0.547. The number of carbonyl (C=O) groups is 1. The van der Waals surface area contributed by atoms with E-state index >= 15 is 0 Å². The molecule has 1 aliphatic rings. The molecular formula is C13H16N4O2. The third-order valence-corrected chi connectivity index (χ3v) is 3.42. The zero-order chi connectivity index (χ0) is 13.4. The summed E-state index contributed by atoms with van der Waals surface area (Å²) in [5.41, 5.74) is 7.00. The van der Waals surface area contributed by atoms with Gasteiger partial charge in [0.25, 0.3) is 5.91 Å². The van der Waals surface area contributed by atoms with Crippen LogP contribution in [0.5, 0.6) is 0 Å². The highest BCUT2D eigenvalue weighted by Crippen LogP contribution is 2.25. The van der Waals surface area contributed by atoms with Crippen LogP contribution >= 0.6 is 0 Å². The number of nitrogens with zero attached hydrogens (tertiary/aromatic N) is 2. The Balaban J connectivity index is 1.90. The largest absolute Gasteiger partial charge is 0.451 e. The number of rotatable bonds is 2. The van der Waals surface area contributed by atoms with E-state index in [2.05, 4.69) is 4.90 Å². The maximum Gasteiger partial charge on any atom is 0.284 e. The second-order valence-electron chi connectivity index (χ2n) is 4.72. The van der Waals surface area contributed by atoms with Gasteiger partial charge in [0.05, 0.1) is 0 Å². The minimum absolute atomic E-state index is 0.193. The lowest BCUT2D eigenvalue weighted by Crippen LogP contribution is -2.49. The average molecular weight is 260 g/mol. The third kappa shape index (κ3) is 2.27. The van der Waals surface area contributed by atoms with E-state index in [1.165, 1.54) is 0 Å². The molecule has 0 radical (unpaired) electrons. The predicted molar refractivity (Wildman–Crippen MR) is 72.7 cm³/mol. The fraction of sp³-hybridized carbons (Fsp3) is 0.308. The lowest BCUT2D eigenvalue weighted by Gasteiger charge is -2.33. The summed E-state index contributed by atoms with van der Waals surface area (Å²) in [6.45, 7) is 3.47. The Labute approximate surface area is 110 Å². The summed E-state index contributed by atoms with van der Waals surface area (Å²) in [5, 5.41) is 2.71. The Morgan fingerprint density at radius 1 is 1.16 bits per heavy atom. The van der Waals surface area contributed by atoms with Gasteiger partial charge in [-0.15, -0.1) is 0 Å². The van der Waals surface area contributed by atoms with Crippen LogP contribution in [0.4, 0.5) is 5.69 Å². The van der Waals surface area contributed by atoms with Gasteiger partial charge in [0, 0.05) is 37.3 Å². The fourth-order valence-corrected chi connectivity index (χ4v) is 2.33. The second-order valence-corrected chi connectivity index (χ2v) is 4.72. The van der Waals surface area contributed by atoms with Crippen molar-refractivity contribution in [2.75, 3.05) is 31.1 Å². The molecule has 1 aromatic heterocycles. The number of fused-ring (bicyclic) bond motifs is 1. The molecule has 1 fully saturated rings. The van der Waals surface area contributed by atoms with Crippen molar-refractivity contribution in [2.24, 2.45) is 11.6 Å². The van der Waals surface area contributed by atoms with Crippen LogP contribution in [0.1, 0.15) is 10.6 Å². The molecule has 1 saturated heterocycles. The lowest BCUT2D eigenvalue weighted by molar-refractivity contribution is 0.0976. The average Bonchev–Trinajstić information content (AvgIpc) is 2.82. The molecule has 3 rings (SSSR count). The number of piperazine rings is 1. The van der Waals surface area contributed by atoms with E-state index in [0.29, 0.717) is 5.58 Å². The number of nitrogens with two attached hydrogens (primary N) is 2. The van der Waals surface area contributed by atoms with E-state index in [1.807, 2.05) is 23.2 Å². The zero-order valence-corrected chi connectivity index (χ0v) is 10.5. The van der Waals surface area contributed by atoms with Crippen LogP contribution in [0.2, 0.25) is 0 Å². The summed E-state index contributed by atoms with van der Waals surface area (Å²) < 4.78 is 5.37. The molecule has 4 N–H and O–H groups in total. The van der Waals surface area contributed by atoms with Gasteiger partial charge in [0.2, 0.25) is 0 Å². The number of anilines is 1. The van der Waals surface area contributed by atoms with Crippen LogP contribution in [0.15, 0.2) is 28.7 Å². The first kappa shape index (κ1) is 12.0. The topological polar surface area (TPSA) is 88.7 Å². The molecule has 6 heteroatoms. The highest BCUT2D eigenvalue weighted by Gasteiger charge is 2.16. The second kappa shape index (κ2) is 4.56. The Morgan fingerprint density at radius 2 is 1.89 bits per heavy atom. The Morgan fingerprint density at radius 3 is 2.58 bits per heavy atom. The van der Waals surface area contributed by atoms with Gasteiger partial charge < -0.3 is 15.1 Å². The molecule has 0 bridgehead atoms. The maximum atomic E-state index is 11.1. The SMILES string of the molecule is NC(=O)c1cc2cc(N3CCN(N)CC3)ccc2o1. The normalized spacial score (nSPS) is 17.0. The fourth-order valence-electron chi connectivity index (χ4n) is 2.33. The van der Waals surface area contributed by atoms with Gasteiger partial charge in [-0.2, -0.15) is 0 Å². The summed E-state index contributed by atoms with van der Waals surface area (Å²) in [7, 11) is 0. The summed E-state index contributed by atoms with van der Waals surface area (Å²) in [6.07, 6.45) is 0. The lowest BCUT2D eigenvalue weighted by atomic mass is 10.2. The molecule has 0 atom stereocenters. The first-order chi connectivity index (χ1) is 9.13. The third-order valence-electron chi connectivity index (χ3n) is 3.42. The number of carbonyl (C=O) groups excluding carboxylic acids is 1.